The van der Waals surface area contributed by atoms with Crippen molar-refractivity contribution in [1.29, 1.82) is 0 Å². The van der Waals surface area contributed by atoms with E-state index in [0.29, 0.717) is 12.3 Å². The van der Waals surface area contributed by atoms with Crippen LogP contribution in [-0.2, 0) is 6.42 Å². The summed E-state index contributed by atoms with van der Waals surface area (Å²) >= 11 is 5.97. The van der Waals surface area contributed by atoms with Gasteiger partial charge in [0.1, 0.15) is 0 Å². The molecule has 0 nitrogen and oxygen atoms in total. The lowest BCUT2D eigenvalue weighted by Crippen LogP contribution is -2.25. The monoisotopic (exact) mass is 376 g/mol. The maximum atomic E-state index is 12.2. The molecule has 2 saturated carbocycles. The van der Waals surface area contributed by atoms with Gasteiger partial charge in [0.05, 0.1) is 6.67 Å². The van der Waals surface area contributed by atoms with Crippen LogP contribution in [0, 0.1) is 23.7 Å². The number of halogens is 2. The summed E-state index contributed by atoms with van der Waals surface area (Å²) in [4.78, 5) is 0. The summed E-state index contributed by atoms with van der Waals surface area (Å²) in [6.45, 7) is -0.215. The van der Waals surface area contributed by atoms with E-state index in [9.17, 15) is 4.39 Å². The SMILES string of the molecule is FCCC=C[C@H]1CC[C@H]([C@H]2CC[C@H](CCc3ccc(Cl)cc3)CC2)CC1. The van der Waals surface area contributed by atoms with Gasteiger partial charge < -0.3 is 0 Å². The van der Waals surface area contributed by atoms with Crippen LogP contribution < -0.4 is 0 Å². The predicted molar refractivity (Wildman–Crippen MR) is 110 cm³/mol. The topological polar surface area (TPSA) is 0 Å². The largest absolute Gasteiger partial charge is 0.251 e. The molecule has 0 N–H and O–H groups in total. The van der Waals surface area contributed by atoms with Gasteiger partial charge in [-0.3, -0.25) is 4.39 Å². The minimum Gasteiger partial charge on any atom is -0.251 e. The van der Waals surface area contributed by atoms with E-state index in [1.54, 1.807) is 0 Å². The number of hydrogen-bond donors (Lipinski definition) is 0. The average molecular weight is 377 g/mol. The number of rotatable bonds is 7. The number of hydrogen-bond acceptors (Lipinski definition) is 0. The highest BCUT2D eigenvalue weighted by molar-refractivity contribution is 6.30. The van der Waals surface area contributed by atoms with Gasteiger partial charge in [-0.05, 0) is 99.2 Å². The van der Waals surface area contributed by atoms with Crippen LogP contribution in [0.4, 0.5) is 4.39 Å². The van der Waals surface area contributed by atoms with Crippen LogP contribution in [0.3, 0.4) is 0 Å². The highest BCUT2D eigenvalue weighted by atomic mass is 35.5. The van der Waals surface area contributed by atoms with Gasteiger partial charge in [0.15, 0.2) is 0 Å². The van der Waals surface area contributed by atoms with Gasteiger partial charge in [0.25, 0.3) is 0 Å². The van der Waals surface area contributed by atoms with E-state index in [-0.39, 0.29) is 6.67 Å². The summed E-state index contributed by atoms with van der Waals surface area (Å²) in [6.07, 6.45) is 18.6. The first-order chi connectivity index (χ1) is 12.7. The molecule has 0 amide bonds. The lowest BCUT2D eigenvalue weighted by molar-refractivity contribution is 0.152. The van der Waals surface area contributed by atoms with Crippen molar-refractivity contribution in [1.82, 2.24) is 0 Å². The smallest absolute Gasteiger partial charge is 0.0928 e. The summed E-state index contributed by atoms with van der Waals surface area (Å²) in [5, 5.41) is 0.835. The Bertz CT molecular complexity index is 534. The fourth-order valence-corrected chi connectivity index (χ4v) is 5.26. The molecule has 26 heavy (non-hydrogen) atoms. The van der Waals surface area contributed by atoms with Crippen molar-refractivity contribution in [3.05, 3.63) is 47.0 Å². The lowest BCUT2D eigenvalue weighted by atomic mass is 9.68. The Morgan fingerprint density at radius 1 is 0.885 bits per heavy atom. The molecule has 0 saturated heterocycles. The van der Waals surface area contributed by atoms with Gasteiger partial charge in [0.2, 0.25) is 0 Å². The van der Waals surface area contributed by atoms with Crippen LogP contribution in [-0.4, -0.2) is 6.67 Å². The Morgan fingerprint density at radius 2 is 1.50 bits per heavy atom. The molecule has 0 unspecified atom stereocenters. The summed E-state index contributed by atoms with van der Waals surface area (Å²) in [6, 6.07) is 8.37. The van der Waals surface area contributed by atoms with E-state index in [1.807, 2.05) is 12.1 Å². The maximum Gasteiger partial charge on any atom is 0.0928 e. The van der Waals surface area contributed by atoms with Gasteiger partial charge in [-0.2, -0.15) is 0 Å². The Labute approximate surface area is 164 Å². The summed E-state index contributed by atoms with van der Waals surface area (Å²) in [5.41, 5.74) is 1.43. The predicted octanol–water partition coefficient (Wildman–Crippen LogP) is 7.80. The number of benzene rings is 1. The maximum absolute atomic E-state index is 12.2. The molecular weight excluding hydrogens is 343 g/mol. The molecule has 0 aliphatic heterocycles. The Balaban J connectivity index is 1.34. The fourth-order valence-electron chi connectivity index (χ4n) is 5.13. The van der Waals surface area contributed by atoms with Crippen LogP contribution >= 0.6 is 11.6 Å². The third-order valence-electron chi connectivity index (χ3n) is 6.81. The number of aryl methyl sites for hydroxylation is 1. The van der Waals surface area contributed by atoms with E-state index in [0.717, 1.165) is 22.8 Å². The van der Waals surface area contributed by atoms with Crippen molar-refractivity contribution in [3.8, 4) is 0 Å². The normalized spacial score (nSPS) is 29.9. The van der Waals surface area contributed by atoms with Crippen molar-refractivity contribution in [3.63, 3.8) is 0 Å². The molecule has 0 aromatic heterocycles. The second-order valence-corrected chi connectivity index (χ2v) is 8.96. The van der Waals surface area contributed by atoms with Crippen molar-refractivity contribution < 1.29 is 4.39 Å². The van der Waals surface area contributed by atoms with Crippen molar-refractivity contribution >= 4 is 11.6 Å². The molecule has 1 aromatic rings. The molecule has 2 aliphatic carbocycles. The van der Waals surface area contributed by atoms with E-state index in [1.165, 1.54) is 69.8 Å². The first-order valence-corrected chi connectivity index (χ1v) is 11.1. The molecule has 0 radical (unpaired) electrons. The zero-order valence-corrected chi connectivity index (χ0v) is 16.8. The van der Waals surface area contributed by atoms with Crippen molar-refractivity contribution in [2.45, 2.75) is 70.6 Å². The van der Waals surface area contributed by atoms with E-state index in [2.05, 4.69) is 24.3 Å². The quantitative estimate of drug-likeness (QED) is 0.426. The van der Waals surface area contributed by atoms with Crippen LogP contribution in [0.1, 0.15) is 69.8 Å². The van der Waals surface area contributed by atoms with E-state index < -0.39 is 0 Å². The molecule has 2 aliphatic rings. The second kappa shape index (κ2) is 10.5. The molecular formula is C24H34ClF. The van der Waals surface area contributed by atoms with E-state index >= 15 is 0 Å². The zero-order chi connectivity index (χ0) is 18.2. The van der Waals surface area contributed by atoms with Crippen molar-refractivity contribution in [2.75, 3.05) is 6.67 Å². The Kier molecular flexibility index (Phi) is 8.05. The van der Waals surface area contributed by atoms with Gasteiger partial charge >= 0.3 is 0 Å². The van der Waals surface area contributed by atoms with Gasteiger partial charge in [-0.1, -0.05) is 48.7 Å². The Morgan fingerprint density at radius 3 is 2.12 bits per heavy atom. The fraction of sp³-hybridized carbons (Fsp3) is 0.667. The van der Waals surface area contributed by atoms with Crippen molar-refractivity contribution in [2.24, 2.45) is 23.7 Å². The van der Waals surface area contributed by atoms with Crippen LogP contribution in [0.25, 0.3) is 0 Å². The molecule has 144 valence electrons. The summed E-state index contributed by atoms with van der Waals surface area (Å²) < 4.78 is 12.2. The van der Waals surface area contributed by atoms with Gasteiger partial charge in [-0.15, -0.1) is 0 Å². The Hall–Kier alpha value is -0.820. The molecule has 0 heterocycles. The standard InChI is InChI=1S/C24H34ClF/c25-24-16-10-21(11-17-24)5-4-20-8-14-23(15-9-20)22-12-6-19(7-13-22)3-1-2-18-26/h1,3,10-11,16-17,19-20,22-23H,2,4-9,12-15,18H2/t19-,20-,22-,23-. The second-order valence-electron chi connectivity index (χ2n) is 8.53. The third kappa shape index (κ3) is 6.12. The first-order valence-electron chi connectivity index (χ1n) is 10.7. The first kappa shape index (κ1) is 19.9. The van der Waals surface area contributed by atoms with Crippen LogP contribution in [0.2, 0.25) is 5.02 Å². The van der Waals surface area contributed by atoms with Gasteiger partial charge in [0, 0.05) is 5.02 Å². The third-order valence-corrected chi connectivity index (χ3v) is 7.07. The average Bonchev–Trinajstić information content (AvgIpc) is 2.69. The highest BCUT2D eigenvalue weighted by Gasteiger charge is 2.30. The summed E-state index contributed by atoms with van der Waals surface area (Å²) in [5.74, 6) is 3.56. The molecule has 0 spiro atoms. The highest BCUT2D eigenvalue weighted by Crippen LogP contribution is 2.42. The minimum atomic E-state index is -0.215. The minimum absolute atomic E-state index is 0.215. The summed E-state index contributed by atoms with van der Waals surface area (Å²) in [7, 11) is 0. The van der Waals surface area contributed by atoms with Crippen LogP contribution in [0.15, 0.2) is 36.4 Å². The molecule has 0 atom stereocenters. The van der Waals surface area contributed by atoms with E-state index in [4.69, 9.17) is 11.6 Å². The zero-order valence-electron chi connectivity index (χ0n) is 16.0. The molecule has 3 rings (SSSR count). The van der Waals surface area contributed by atoms with Crippen LogP contribution in [0.5, 0.6) is 0 Å². The molecule has 2 fully saturated rings. The molecule has 1 aromatic carbocycles. The molecule has 2 heteroatoms. The number of alkyl halides is 1. The lowest BCUT2D eigenvalue weighted by Gasteiger charge is -2.37. The van der Waals surface area contributed by atoms with Gasteiger partial charge in [-0.25, -0.2) is 0 Å². The molecule has 0 bridgehead atoms. The number of allylic oxidation sites excluding steroid dienone is 2.